The van der Waals surface area contributed by atoms with Crippen molar-refractivity contribution in [2.24, 2.45) is 0 Å². The van der Waals surface area contributed by atoms with E-state index in [4.69, 9.17) is 16.3 Å². The first kappa shape index (κ1) is 16.2. The summed E-state index contributed by atoms with van der Waals surface area (Å²) in [6.07, 6.45) is 2.36. The number of carbonyl (C=O) groups excluding carboxylic acids is 1. The Morgan fingerprint density at radius 2 is 2.35 bits per heavy atom. The van der Waals surface area contributed by atoms with Gasteiger partial charge in [0.2, 0.25) is 0 Å². The van der Waals surface area contributed by atoms with Crippen LogP contribution in [0.3, 0.4) is 0 Å². The van der Waals surface area contributed by atoms with Crippen LogP contribution in [0.4, 0.5) is 5.69 Å². The Labute approximate surface area is 138 Å². The maximum atomic E-state index is 12.1. The van der Waals surface area contributed by atoms with Crippen molar-refractivity contribution in [3.05, 3.63) is 38.9 Å². The van der Waals surface area contributed by atoms with Crippen LogP contribution in [0.5, 0.6) is 0 Å². The van der Waals surface area contributed by atoms with E-state index in [1.807, 2.05) is 0 Å². The summed E-state index contributed by atoms with van der Waals surface area (Å²) in [7, 11) is 0. The molecular formula is C15H18ClN3O4. The zero-order valence-corrected chi connectivity index (χ0v) is 13.3. The highest BCUT2D eigenvalue weighted by atomic mass is 35.5. The zero-order valence-electron chi connectivity index (χ0n) is 12.5. The molecule has 1 N–H and O–H groups in total. The first-order chi connectivity index (χ1) is 11.0. The van der Waals surface area contributed by atoms with E-state index in [1.54, 1.807) is 0 Å². The summed E-state index contributed by atoms with van der Waals surface area (Å²) < 4.78 is 5.78. The maximum absolute atomic E-state index is 12.1. The first-order valence-corrected chi connectivity index (χ1v) is 8.00. The molecule has 1 aromatic rings. The van der Waals surface area contributed by atoms with Gasteiger partial charge in [-0.1, -0.05) is 11.6 Å². The summed E-state index contributed by atoms with van der Waals surface area (Å²) >= 11 is 5.83. The molecule has 0 saturated carbocycles. The van der Waals surface area contributed by atoms with Gasteiger partial charge in [0.15, 0.2) is 0 Å². The van der Waals surface area contributed by atoms with Gasteiger partial charge in [0.25, 0.3) is 11.6 Å². The second kappa shape index (κ2) is 6.82. The Morgan fingerprint density at radius 3 is 3.09 bits per heavy atom. The molecule has 2 aliphatic heterocycles. The van der Waals surface area contributed by atoms with E-state index in [2.05, 4.69) is 10.2 Å². The molecule has 7 nitrogen and oxygen atoms in total. The lowest BCUT2D eigenvalue weighted by molar-refractivity contribution is -0.384. The van der Waals surface area contributed by atoms with Gasteiger partial charge in [0, 0.05) is 30.8 Å². The Kier molecular flexibility index (Phi) is 4.79. The highest BCUT2D eigenvalue weighted by Crippen LogP contribution is 2.25. The SMILES string of the molecule is O=C(NC[C@H]1CN2CCC[C@@H]2CO1)c1ccc([N+](=O)[O-])c(Cl)c1. The van der Waals surface area contributed by atoms with Crippen LogP contribution in [0.2, 0.25) is 5.02 Å². The maximum Gasteiger partial charge on any atom is 0.287 e. The van der Waals surface area contributed by atoms with E-state index in [0.717, 1.165) is 13.1 Å². The summed E-state index contributed by atoms with van der Waals surface area (Å²) in [5.41, 5.74) is 0.0920. The third kappa shape index (κ3) is 3.63. The summed E-state index contributed by atoms with van der Waals surface area (Å²) in [6, 6.07) is 4.48. The molecule has 2 aliphatic rings. The van der Waals surface area contributed by atoms with Gasteiger partial charge in [-0.3, -0.25) is 19.8 Å². The summed E-state index contributed by atoms with van der Waals surface area (Å²) in [6.45, 7) is 3.04. The third-order valence-electron chi connectivity index (χ3n) is 4.36. The quantitative estimate of drug-likeness (QED) is 0.668. The predicted octanol–water partition coefficient (Wildman–Crippen LogP) is 1.84. The van der Waals surface area contributed by atoms with Gasteiger partial charge >= 0.3 is 0 Å². The Hall–Kier alpha value is -1.70. The number of fused-ring (bicyclic) bond motifs is 1. The lowest BCUT2D eigenvalue weighted by Crippen LogP contribution is -2.50. The Bertz CT molecular complexity index is 625. The van der Waals surface area contributed by atoms with E-state index in [-0.39, 0.29) is 22.7 Å². The Morgan fingerprint density at radius 1 is 1.52 bits per heavy atom. The highest BCUT2D eigenvalue weighted by molar-refractivity contribution is 6.33. The molecule has 0 bridgehead atoms. The molecule has 0 radical (unpaired) electrons. The normalized spacial score (nSPS) is 24.2. The van der Waals surface area contributed by atoms with Gasteiger partial charge < -0.3 is 10.1 Å². The summed E-state index contributed by atoms with van der Waals surface area (Å²) in [4.78, 5) is 24.7. The van der Waals surface area contributed by atoms with Crippen LogP contribution in [-0.4, -0.2) is 54.1 Å². The number of rotatable bonds is 4. The lowest BCUT2D eigenvalue weighted by atomic mass is 10.1. The summed E-state index contributed by atoms with van der Waals surface area (Å²) in [5, 5.41) is 13.5. The monoisotopic (exact) mass is 339 g/mol. The predicted molar refractivity (Wildman–Crippen MR) is 84.8 cm³/mol. The smallest absolute Gasteiger partial charge is 0.287 e. The van der Waals surface area contributed by atoms with Gasteiger partial charge in [0.1, 0.15) is 5.02 Å². The average Bonchev–Trinajstić information content (AvgIpc) is 2.99. The minimum absolute atomic E-state index is 0.0261. The van der Waals surface area contributed by atoms with Crippen molar-refractivity contribution < 1.29 is 14.5 Å². The molecule has 3 rings (SSSR count). The van der Waals surface area contributed by atoms with Crippen LogP contribution in [-0.2, 0) is 4.74 Å². The number of morpholine rings is 1. The standard InChI is InChI=1S/C15H18ClN3O4/c16-13-6-10(3-4-14(13)19(21)22)15(20)17-7-12-8-18-5-1-2-11(18)9-23-12/h3-4,6,11-12H,1-2,5,7-9H2,(H,17,20)/t11-,12+/m1/s1. The molecule has 8 heteroatoms. The topological polar surface area (TPSA) is 84.7 Å². The van der Waals surface area contributed by atoms with Crippen molar-refractivity contribution in [2.75, 3.05) is 26.2 Å². The number of halogens is 1. The van der Waals surface area contributed by atoms with E-state index < -0.39 is 4.92 Å². The summed E-state index contributed by atoms with van der Waals surface area (Å²) in [5.74, 6) is -0.311. The van der Waals surface area contributed by atoms with Crippen molar-refractivity contribution in [2.45, 2.75) is 25.0 Å². The molecule has 2 fully saturated rings. The molecule has 0 unspecified atom stereocenters. The second-order valence-electron chi connectivity index (χ2n) is 5.88. The van der Waals surface area contributed by atoms with Crippen LogP contribution in [0.25, 0.3) is 0 Å². The minimum atomic E-state index is -0.577. The molecule has 2 heterocycles. The number of hydrogen-bond donors (Lipinski definition) is 1. The van der Waals surface area contributed by atoms with Gasteiger partial charge in [-0.25, -0.2) is 0 Å². The number of nitrogens with zero attached hydrogens (tertiary/aromatic N) is 2. The number of amides is 1. The molecule has 124 valence electrons. The van der Waals surface area contributed by atoms with Crippen LogP contribution in [0.1, 0.15) is 23.2 Å². The van der Waals surface area contributed by atoms with Crippen LogP contribution >= 0.6 is 11.6 Å². The molecule has 2 atom stereocenters. The van der Waals surface area contributed by atoms with Crippen molar-refractivity contribution in [3.63, 3.8) is 0 Å². The first-order valence-electron chi connectivity index (χ1n) is 7.62. The van der Waals surface area contributed by atoms with E-state index >= 15 is 0 Å². The second-order valence-corrected chi connectivity index (χ2v) is 6.29. The number of nitro groups is 1. The number of hydrogen-bond acceptors (Lipinski definition) is 5. The number of benzene rings is 1. The molecular weight excluding hydrogens is 322 g/mol. The largest absolute Gasteiger partial charge is 0.373 e. The lowest BCUT2D eigenvalue weighted by Gasteiger charge is -2.35. The van der Waals surface area contributed by atoms with Crippen LogP contribution < -0.4 is 5.32 Å². The van der Waals surface area contributed by atoms with Gasteiger partial charge in [-0.2, -0.15) is 0 Å². The van der Waals surface area contributed by atoms with Crippen LogP contribution in [0, 0.1) is 10.1 Å². The van der Waals surface area contributed by atoms with Crippen molar-refractivity contribution in [3.8, 4) is 0 Å². The number of nitrogens with one attached hydrogen (secondary N) is 1. The molecule has 0 spiro atoms. The molecule has 1 aromatic carbocycles. The van der Waals surface area contributed by atoms with Gasteiger partial charge in [-0.05, 0) is 31.5 Å². The number of carbonyl (C=O) groups is 1. The fourth-order valence-corrected chi connectivity index (χ4v) is 3.36. The minimum Gasteiger partial charge on any atom is -0.373 e. The van der Waals surface area contributed by atoms with Crippen molar-refractivity contribution in [1.82, 2.24) is 10.2 Å². The third-order valence-corrected chi connectivity index (χ3v) is 4.66. The van der Waals surface area contributed by atoms with Gasteiger partial charge in [0.05, 0.1) is 17.6 Å². The van der Waals surface area contributed by atoms with Crippen LogP contribution in [0.15, 0.2) is 18.2 Å². The van der Waals surface area contributed by atoms with E-state index in [0.29, 0.717) is 24.8 Å². The fraction of sp³-hybridized carbons (Fsp3) is 0.533. The van der Waals surface area contributed by atoms with Gasteiger partial charge in [-0.15, -0.1) is 0 Å². The fourth-order valence-electron chi connectivity index (χ4n) is 3.11. The zero-order chi connectivity index (χ0) is 16.4. The number of nitro benzene ring substituents is 1. The van der Waals surface area contributed by atoms with E-state index in [9.17, 15) is 14.9 Å². The molecule has 1 amide bonds. The highest BCUT2D eigenvalue weighted by Gasteiger charge is 2.32. The van der Waals surface area contributed by atoms with Crippen molar-refractivity contribution >= 4 is 23.2 Å². The average molecular weight is 340 g/mol. The molecule has 0 aliphatic carbocycles. The molecule has 0 aromatic heterocycles. The van der Waals surface area contributed by atoms with E-state index in [1.165, 1.54) is 31.0 Å². The number of ether oxygens (including phenoxy) is 1. The molecule has 2 saturated heterocycles. The Balaban J connectivity index is 1.55. The molecule has 23 heavy (non-hydrogen) atoms. The van der Waals surface area contributed by atoms with Crippen molar-refractivity contribution in [1.29, 1.82) is 0 Å².